The van der Waals surface area contributed by atoms with Gasteiger partial charge in [-0.05, 0) is 0 Å². The molecule has 3 rings (SSSR count). The summed E-state index contributed by atoms with van der Waals surface area (Å²) in [6.45, 7) is 2.26. The number of carbonyl (C=O) groups excluding carboxylic acids is 1. The lowest BCUT2D eigenvalue weighted by molar-refractivity contribution is -0.148. The first kappa shape index (κ1) is 17.6. The van der Waals surface area contributed by atoms with Crippen LogP contribution in [0.4, 0.5) is 4.79 Å². The van der Waals surface area contributed by atoms with E-state index in [9.17, 15) is 14.7 Å². The molecule has 10 nitrogen and oxygen atoms in total. The second-order valence-electron chi connectivity index (χ2n) is 6.92. The summed E-state index contributed by atoms with van der Waals surface area (Å²) in [5.41, 5.74) is -0.943. The van der Waals surface area contributed by atoms with Crippen molar-refractivity contribution in [3.8, 4) is 0 Å². The van der Waals surface area contributed by atoms with Crippen molar-refractivity contribution in [2.45, 2.75) is 13.2 Å². The van der Waals surface area contributed by atoms with Crippen molar-refractivity contribution in [1.29, 1.82) is 0 Å². The van der Waals surface area contributed by atoms with Crippen LogP contribution >= 0.6 is 0 Å². The summed E-state index contributed by atoms with van der Waals surface area (Å²) in [4.78, 5) is 33.5. The standard InChI is InChI=1S/C15H23N5O5/c1-18(2)14(23)20-5-10-4-19(8-15(10,9-20)13(21)22)6-12-16-11(7-24-3)17-25-12/h10H,4-9H2,1-3H3,(H,21,22)/t10-,15-/m0/s1. The number of hydrogen-bond donors (Lipinski definition) is 1. The van der Waals surface area contributed by atoms with Gasteiger partial charge in [0, 0.05) is 53.3 Å². The minimum atomic E-state index is -0.943. The molecule has 0 aliphatic carbocycles. The van der Waals surface area contributed by atoms with E-state index in [-0.39, 0.29) is 25.1 Å². The zero-order chi connectivity index (χ0) is 18.2. The summed E-state index contributed by atoms with van der Waals surface area (Å²) >= 11 is 0. The van der Waals surface area contributed by atoms with Gasteiger partial charge in [-0.1, -0.05) is 5.16 Å². The van der Waals surface area contributed by atoms with Crippen LogP contribution in [0, 0.1) is 11.3 Å². The molecule has 2 amide bonds. The molecule has 0 radical (unpaired) electrons. The van der Waals surface area contributed by atoms with Crippen LogP contribution in [0.15, 0.2) is 4.52 Å². The molecule has 25 heavy (non-hydrogen) atoms. The second-order valence-corrected chi connectivity index (χ2v) is 6.92. The number of methoxy groups -OCH3 is 1. The van der Waals surface area contributed by atoms with E-state index in [1.807, 2.05) is 4.90 Å². The van der Waals surface area contributed by atoms with Crippen molar-refractivity contribution in [2.75, 3.05) is 47.4 Å². The Morgan fingerprint density at radius 2 is 2.16 bits per heavy atom. The number of nitrogens with zero attached hydrogens (tertiary/aromatic N) is 5. The number of urea groups is 1. The number of fused-ring (bicyclic) bond motifs is 1. The van der Waals surface area contributed by atoms with Crippen molar-refractivity contribution >= 4 is 12.0 Å². The normalized spacial score (nSPS) is 26.0. The molecule has 2 saturated heterocycles. The van der Waals surface area contributed by atoms with Crippen LogP contribution in [0.5, 0.6) is 0 Å². The molecule has 1 aromatic heterocycles. The Bertz CT molecular complexity index is 662. The van der Waals surface area contributed by atoms with E-state index in [0.29, 0.717) is 37.9 Å². The Kier molecular flexibility index (Phi) is 4.65. The summed E-state index contributed by atoms with van der Waals surface area (Å²) in [5.74, 6) is -0.0729. The Labute approximate surface area is 145 Å². The largest absolute Gasteiger partial charge is 0.481 e. The van der Waals surface area contributed by atoms with Crippen LogP contribution in [0.2, 0.25) is 0 Å². The number of carboxylic acid groups (broad SMARTS) is 1. The van der Waals surface area contributed by atoms with E-state index < -0.39 is 11.4 Å². The van der Waals surface area contributed by atoms with Crippen molar-refractivity contribution in [2.24, 2.45) is 11.3 Å². The van der Waals surface area contributed by atoms with Gasteiger partial charge >= 0.3 is 12.0 Å². The highest BCUT2D eigenvalue weighted by molar-refractivity contribution is 5.80. The molecule has 2 aliphatic rings. The average Bonchev–Trinajstić information content (AvgIpc) is 3.20. The number of carboxylic acids is 1. The molecule has 0 spiro atoms. The maximum Gasteiger partial charge on any atom is 0.319 e. The quantitative estimate of drug-likeness (QED) is 0.769. The molecule has 3 heterocycles. The number of carbonyl (C=O) groups is 2. The van der Waals surface area contributed by atoms with E-state index in [0.717, 1.165) is 0 Å². The van der Waals surface area contributed by atoms with Gasteiger partial charge in [-0.15, -0.1) is 0 Å². The Morgan fingerprint density at radius 3 is 2.76 bits per heavy atom. The van der Waals surface area contributed by atoms with E-state index in [2.05, 4.69) is 10.1 Å². The molecule has 2 fully saturated rings. The van der Waals surface area contributed by atoms with Crippen LogP contribution in [0.3, 0.4) is 0 Å². The van der Waals surface area contributed by atoms with Gasteiger partial charge in [-0.25, -0.2) is 4.79 Å². The molecular formula is C15H23N5O5. The van der Waals surface area contributed by atoms with E-state index in [4.69, 9.17) is 9.26 Å². The number of amides is 2. The molecule has 1 N–H and O–H groups in total. The van der Waals surface area contributed by atoms with Gasteiger partial charge < -0.3 is 24.2 Å². The lowest BCUT2D eigenvalue weighted by atomic mass is 9.81. The van der Waals surface area contributed by atoms with Crippen molar-refractivity contribution in [3.63, 3.8) is 0 Å². The molecule has 2 atom stereocenters. The lowest BCUT2D eigenvalue weighted by Crippen LogP contribution is -2.44. The van der Waals surface area contributed by atoms with Crippen LogP contribution in [-0.4, -0.2) is 89.3 Å². The zero-order valence-corrected chi connectivity index (χ0v) is 14.6. The first-order valence-electron chi connectivity index (χ1n) is 8.08. The third-order valence-electron chi connectivity index (χ3n) is 4.90. The van der Waals surface area contributed by atoms with Crippen LogP contribution in [-0.2, 0) is 22.7 Å². The number of rotatable bonds is 5. The van der Waals surface area contributed by atoms with Gasteiger partial charge in [0.05, 0.1) is 6.54 Å². The van der Waals surface area contributed by atoms with E-state index in [1.54, 1.807) is 26.1 Å². The summed E-state index contributed by atoms with van der Waals surface area (Å²) < 4.78 is 10.1. The van der Waals surface area contributed by atoms with Crippen molar-refractivity contribution in [3.05, 3.63) is 11.7 Å². The predicted octanol–water partition coefficient (Wildman–Crippen LogP) is -0.284. The molecule has 1 aromatic rings. The molecule has 0 unspecified atom stereocenters. The van der Waals surface area contributed by atoms with Gasteiger partial charge in [-0.3, -0.25) is 9.69 Å². The fraction of sp³-hybridized carbons (Fsp3) is 0.733. The first-order chi connectivity index (χ1) is 11.9. The maximum absolute atomic E-state index is 12.2. The molecule has 0 aromatic carbocycles. The summed E-state index contributed by atoms with van der Waals surface area (Å²) in [6, 6.07) is -0.150. The predicted molar refractivity (Wildman–Crippen MR) is 84.5 cm³/mol. The number of ether oxygens (including phenoxy) is 1. The molecule has 2 aliphatic heterocycles. The van der Waals surface area contributed by atoms with Crippen molar-refractivity contribution < 1.29 is 24.0 Å². The van der Waals surface area contributed by atoms with Crippen LogP contribution in [0.1, 0.15) is 11.7 Å². The number of hydrogen-bond acceptors (Lipinski definition) is 7. The van der Waals surface area contributed by atoms with Gasteiger partial charge in [0.15, 0.2) is 5.82 Å². The average molecular weight is 353 g/mol. The van der Waals surface area contributed by atoms with E-state index in [1.165, 1.54) is 4.90 Å². The molecular weight excluding hydrogens is 330 g/mol. The van der Waals surface area contributed by atoms with Crippen LogP contribution < -0.4 is 0 Å². The Balaban J connectivity index is 1.69. The fourth-order valence-electron chi connectivity index (χ4n) is 3.75. The Hall–Kier alpha value is -2.20. The highest BCUT2D eigenvalue weighted by atomic mass is 16.5. The SMILES string of the molecule is COCc1noc(CN2C[C@H]3CN(C(=O)N(C)C)C[C@@]3(C(=O)O)C2)n1. The van der Waals surface area contributed by atoms with Gasteiger partial charge in [0.25, 0.3) is 0 Å². The van der Waals surface area contributed by atoms with E-state index >= 15 is 0 Å². The number of likely N-dealkylation sites (tertiary alicyclic amines) is 2. The Morgan fingerprint density at radius 1 is 1.40 bits per heavy atom. The number of aromatic nitrogens is 2. The summed E-state index contributed by atoms with van der Waals surface area (Å²) in [7, 11) is 4.89. The molecule has 0 bridgehead atoms. The maximum atomic E-state index is 12.2. The third-order valence-corrected chi connectivity index (χ3v) is 4.90. The summed E-state index contributed by atoms with van der Waals surface area (Å²) in [5, 5.41) is 13.6. The van der Waals surface area contributed by atoms with Crippen LogP contribution in [0.25, 0.3) is 0 Å². The fourth-order valence-corrected chi connectivity index (χ4v) is 3.75. The monoisotopic (exact) mass is 353 g/mol. The molecule has 10 heteroatoms. The molecule has 138 valence electrons. The minimum Gasteiger partial charge on any atom is -0.481 e. The zero-order valence-electron chi connectivity index (χ0n) is 14.6. The van der Waals surface area contributed by atoms with Gasteiger partial charge in [-0.2, -0.15) is 4.98 Å². The van der Waals surface area contributed by atoms with Crippen molar-refractivity contribution in [1.82, 2.24) is 24.8 Å². The minimum absolute atomic E-state index is 0.115. The molecule has 0 saturated carbocycles. The lowest BCUT2D eigenvalue weighted by Gasteiger charge is -2.26. The third kappa shape index (κ3) is 3.19. The number of aliphatic carboxylic acids is 1. The smallest absolute Gasteiger partial charge is 0.319 e. The van der Waals surface area contributed by atoms with Gasteiger partial charge in [0.2, 0.25) is 5.89 Å². The second kappa shape index (κ2) is 6.60. The highest BCUT2D eigenvalue weighted by Gasteiger charge is 2.58. The highest BCUT2D eigenvalue weighted by Crippen LogP contribution is 2.43. The first-order valence-corrected chi connectivity index (χ1v) is 8.08. The topological polar surface area (TPSA) is 112 Å². The summed E-state index contributed by atoms with van der Waals surface area (Å²) in [6.07, 6.45) is 0. The van der Waals surface area contributed by atoms with Gasteiger partial charge in [0.1, 0.15) is 12.0 Å².